The molecule has 0 bridgehead atoms. The van der Waals surface area contributed by atoms with Gasteiger partial charge in [-0.25, -0.2) is 0 Å². The van der Waals surface area contributed by atoms with E-state index in [1.807, 2.05) is 6.21 Å². The molecule has 60 valence electrons. The lowest BCUT2D eigenvalue weighted by atomic mass is 10.1. The highest BCUT2D eigenvalue weighted by Crippen LogP contribution is 1.89. The average molecular weight is 162 g/mol. The molecule has 0 rings (SSSR count). The molecule has 0 aliphatic heterocycles. The summed E-state index contributed by atoms with van der Waals surface area (Å²) in [6.07, 6.45) is 2.99. The van der Waals surface area contributed by atoms with Crippen LogP contribution in [0.1, 0.15) is 34.1 Å². The van der Waals surface area contributed by atoms with Crippen molar-refractivity contribution in [1.82, 2.24) is 4.67 Å². The summed E-state index contributed by atoms with van der Waals surface area (Å²) in [4.78, 5) is 0. The van der Waals surface area contributed by atoms with Crippen molar-refractivity contribution in [2.75, 3.05) is 0 Å². The Hall–Kier alpha value is -0.260. The van der Waals surface area contributed by atoms with E-state index in [0.717, 1.165) is 6.42 Å². The quantitative estimate of drug-likeness (QED) is 0.352. The van der Waals surface area contributed by atoms with Gasteiger partial charge in [-0.1, -0.05) is 20.8 Å². The van der Waals surface area contributed by atoms with Gasteiger partial charge < -0.3 is 12.4 Å². The standard InChI is InChI=1S/C8H16N.ClH/c1-5-6-9-8(4)7(2)3;/h6-7H,5H2,1-4H3;1H/q+1;/p-1. The predicted molar refractivity (Wildman–Crippen MR) is 44.0 cm³/mol. The Morgan fingerprint density at radius 3 is 2.30 bits per heavy atom. The molecule has 0 heterocycles. The summed E-state index contributed by atoms with van der Waals surface area (Å²) in [6, 6.07) is 0. The lowest BCUT2D eigenvalue weighted by Gasteiger charge is -1.86. The third kappa shape index (κ3) is 5.87. The Morgan fingerprint density at radius 2 is 2.00 bits per heavy atom. The van der Waals surface area contributed by atoms with Gasteiger partial charge in [0.05, 0.1) is 5.92 Å². The zero-order valence-corrected chi connectivity index (χ0v) is 7.94. The molecule has 0 fully saturated rings. The van der Waals surface area contributed by atoms with Crippen LogP contribution >= 0.6 is 0 Å². The molecule has 1 nitrogen and oxygen atoms in total. The summed E-state index contributed by atoms with van der Waals surface area (Å²) in [6.45, 7) is 8.47. The number of hydrogen-bond acceptors (Lipinski definition) is 0. The van der Waals surface area contributed by atoms with Gasteiger partial charge in [0.1, 0.15) is 0 Å². The molecule has 0 radical (unpaired) electrons. The lowest BCUT2D eigenvalue weighted by Crippen LogP contribution is -3.00. The molecule has 0 amide bonds. The summed E-state index contributed by atoms with van der Waals surface area (Å²) < 4.78 is 4.23. The zero-order chi connectivity index (χ0) is 7.28. The number of halogens is 1. The largest absolute Gasteiger partial charge is 1.00 e. The summed E-state index contributed by atoms with van der Waals surface area (Å²) in [7, 11) is 0. The highest BCUT2D eigenvalue weighted by atomic mass is 35.5. The molecular formula is C8H16ClN. The van der Waals surface area contributed by atoms with Crippen LogP contribution in [0.5, 0.6) is 0 Å². The highest BCUT2D eigenvalue weighted by Gasteiger charge is 2.04. The molecule has 0 atom stereocenters. The first-order valence-corrected chi connectivity index (χ1v) is 3.54. The minimum absolute atomic E-state index is 0. The Bertz CT molecular complexity index is 132. The third-order valence-corrected chi connectivity index (χ3v) is 1.31. The van der Waals surface area contributed by atoms with Crippen LogP contribution in [0, 0.1) is 5.92 Å². The fourth-order valence-electron chi connectivity index (χ4n) is 0.384. The van der Waals surface area contributed by atoms with Gasteiger partial charge >= 0.3 is 0 Å². The van der Waals surface area contributed by atoms with Gasteiger partial charge in [0.2, 0.25) is 0 Å². The number of nitrogens with zero attached hydrogens (tertiary/aromatic N) is 1. The maximum absolute atomic E-state index is 4.23. The van der Waals surface area contributed by atoms with Crippen molar-refractivity contribution in [2.24, 2.45) is 5.92 Å². The van der Waals surface area contributed by atoms with E-state index in [0.29, 0.717) is 5.92 Å². The van der Waals surface area contributed by atoms with Crippen molar-refractivity contribution in [2.45, 2.75) is 34.1 Å². The Morgan fingerprint density at radius 1 is 1.50 bits per heavy atom. The van der Waals surface area contributed by atoms with Gasteiger partial charge in [-0.05, 0) is 0 Å². The first-order valence-electron chi connectivity index (χ1n) is 3.54. The van der Waals surface area contributed by atoms with Crippen LogP contribution in [0.4, 0.5) is 0 Å². The molecule has 2 heteroatoms. The molecule has 10 heavy (non-hydrogen) atoms. The van der Waals surface area contributed by atoms with E-state index < -0.39 is 0 Å². The zero-order valence-electron chi connectivity index (χ0n) is 7.19. The van der Waals surface area contributed by atoms with Crippen molar-refractivity contribution >= 4 is 11.9 Å². The van der Waals surface area contributed by atoms with Crippen LogP contribution in [-0.4, -0.2) is 11.9 Å². The minimum Gasteiger partial charge on any atom is -1.00 e. The van der Waals surface area contributed by atoms with Crippen LogP contribution in [-0.2, 0) is 0 Å². The fourth-order valence-corrected chi connectivity index (χ4v) is 0.384. The normalized spacial score (nSPS) is 8.10. The first kappa shape index (κ1) is 12.4. The number of hydrogen-bond donors (Lipinski definition) is 0. The predicted octanol–water partition coefficient (Wildman–Crippen LogP) is -1.34. The molecule has 0 aliphatic rings. The first-order chi connectivity index (χ1) is 4.18. The van der Waals surface area contributed by atoms with E-state index in [1.165, 1.54) is 5.71 Å². The lowest BCUT2D eigenvalue weighted by molar-refractivity contribution is -0.00000230. The van der Waals surface area contributed by atoms with Crippen LogP contribution in [0.15, 0.2) is 0 Å². The molecule has 0 unspecified atom stereocenters. The maximum Gasteiger partial charge on any atom is 0.279 e. The van der Waals surface area contributed by atoms with Crippen LogP contribution in [0.3, 0.4) is 0 Å². The van der Waals surface area contributed by atoms with Crippen LogP contribution < -0.4 is 17.1 Å². The molecule has 0 N–H and O–H groups in total. The van der Waals surface area contributed by atoms with E-state index in [2.05, 4.69) is 32.4 Å². The van der Waals surface area contributed by atoms with Gasteiger partial charge in [-0.3, -0.25) is 0 Å². The van der Waals surface area contributed by atoms with Crippen molar-refractivity contribution < 1.29 is 12.4 Å². The van der Waals surface area contributed by atoms with Crippen molar-refractivity contribution in [3.63, 3.8) is 0 Å². The van der Waals surface area contributed by atoms with Crippen molar-refractivity contribution in [3.05, 3.63) is 0 Å². The second-order valence-electron chi connectivity index (χ2n) is 2.52. The van der Waals surface area contributed by atoms with Crippen LogP contribution in [0.25, 0.3) is 0 Å². The molecule has 0 aliphatic carbocycles. The molecule has 0 aromatic carbocycles. The smallest absolute Gasteiger partial charge is 0.279 e. The fraction of sp³-hybridized carbons (Fsp3) is 0.750. The molecule has 0 saturated heterocycles. The third-order valence-electron chi connectivity index (χ3n) is 1.31. The summed E-state index contributed by atoms with van der Waals surface area (Å²) in [5.74, 6) is 0.591. The highest BCUT2D eigenvalue weighted by molar-refractivity contribution is 5.85. The Kier molecular flexibility index (Phi) is 8.51. The van der Waals surface area contributed by atoms with Crippen molar-refractivity contribution in [3.8, 4) is 0 Å². The van der Waals surface area contributed by atoms with Crippen molar-refractivity contribution in [1.29, 1.82) is 0 Å². The molecule has 0 aromatic rings. The van der Waals surface area contributed by atoms with E-state index in [-0.39, 0.29) is 12.4 Å². The monoisotopic (exact) mass is 161 g/mol. The van der Waals surface area contributed by atoms with Crippen LogP contribution in [0.2, 0.25) is 0 Å². The maximum atomic E-state index is 4.23. The molecular weight excluding hydrogens is 146 g/mol. The molecule has 0 aromatic heterocycles. The topological polar surface area (TPSA) is 14.1 Å². The molecule has 0 spiro atoms. The summed E-state index contributed by atoms with van der Waals surface area (Å²) in [5.41, 5.74) is 1.22. The van der Waals surface area contributed by atoms with E-state index in [1.54, 1.807) is 0 Å². The van der Waals surface area contributed by atoms with Gasteiger partial charge in [0.15, 0.2) is 0 Å². The Labute approximate surface area is 69.7 Å². The SMILES string of the molecule is CCC=[N+]=C(C)C(C)C.[Cl-]. The van der Waals surface area contributed by atoms with Gasteiger partial charge in [0.25, 0.3) is 11.9 Å². The Balaban J connectivity index is 0. The van der Waals surface area contributed by atoms with Gasteiger partial charge in [-0.2, -0.15) is 0 Å². The van der Waals surface area contributed by atoms with Gasteiger partial charge in [-0.15, -0.1) is 4.67 Å². The average Bonchev–Trinajstić information content (AvgIpc) is 1.82. The molecule has 0 saturated carbocycles. The van der Waals surface area contributed by atoms with E-state index >= 15 is 0 Å². The second-order valence-corrected chi connectivity index (χ2v) is 2.52. The van der Waals surface area contributed by atoms with E-state index in [9.17, 15) is 0 Å². The minimum atomic E-state index is 0. The number of rotatable bonds is 2. The van der Waals surface area contributed by atoms with Gasteiger partial charge in [0, 0.05) is 13.3 Å². The second kappa shape index (κ2) is 6.85. The van der Waals surface area contributed by atoms with E-state index in [4.69, 9.17) is 0 Å². The summed E-state index contributed by atoms with van der Waals surface area (Å²) >= 11 is 0. The summed E-state index contributed by atoms with van der Waals surface area (Å²) in [5, 5.41) is 0.